The molecule has 0 unspecified atom stereocenters. The Bertz CT molecular complexity index is 378. The van der Waals surface area contributed by atoms with Crippen molar-refractivity contribution >= 4 is 11.3 Å². The van der Waals surface area contributed by atoms with Crippen LogP contribution in [0.4, 0.5) is 0 Å². The molecule has 0 radical (unpaired) electrons. The summed E-state index contributed by atoms with van der Waals surface area (Å²) in [6, 6.07) is 2.13. The quantitative estimate of drug-likeness (QED) is 0.805. The van der Waals surface area contributed by atoms with Gasteiger partial charge in [0.1, 0.15) is 5.82 Å². The summed E-state index contributed by atoms with van der Waals surface area (Å²) in [6.07, 6.45) is 1.87. The number of hydrogen-bond acceptors (Lipinski definition) is 3. The van der Waals surface area contributed by atoms with E-state index >= 15 is 0 Å². The van der Waals surface area contributed by atoms with E-state index in [1.165, 1.54) is 5.56 Å². The molecular weight excluding hydrogens is 194 g/mol. The molecule has 0 saturated carbocycles. The zero-order valence-corrected chi connectivity index (χ0v) is 8.90. The molecule has 2 aromatic heterocycles. The summed E-state index contributed by atoms with van der Waals surface area (Å²) in [6.45, 7) is 3.72. The number of nitrogens with zero attached hydrogens (tertiary/aromatic N) is 1. The predicted molar refractivity (Wildman–Crippen MR) is 58.2 cm³/mol. The smallest absolute Gasteiger partial charge is 0.103 e. The van der Waals surface area contributed by atoms with Crippen LogP contribution in [-0.2, 0) is 13.1 Å². The van der Waals surface area contributed by atoms with Gasteiger partial charge in [0.15, 0.2) is 0 Å². The van der Waals surface area contributed by atoms with Crippen molar-refractivity contribution in [3.63, 3.8) is 0 Å². The fraction of sp³-hybridized carbons (Fsp3) is 0.300. The lowest BCUT2D eigenvalue weighted by molar-refractivity contribution is 0.683. The second kappa shape index (κ2) is 4.39. The zero-order valence-electron chi connectivity index (χ0n) is 8.08. The van der Waals surface area contributed by atoms with E-state index in [2.05, 4.69) is 32.1 Å². The van der Waals surface area contributed by atoms with Crippen LogP contribution in [0.3, 0.4) is 0 Å². The largest absolute Gasteiger partial charge is 0.345 e. The number of imidazole rings is 1. The third-order valence-electron chi connectivity index (χ3n) is 1.98. The maximum atomic E-state index is 4.14. The Morgan fingerprint density at radius 2 is 2.43 bits per heavy atom. The van der Waals surface area contributed by atoms with Crippen LogP contribution < -0.4 is 5.32 Å². The summed E-state index contributed by atoms with van der Waals surface area (Å²) in [5.41, 5.74) is 2.48. The summed E-state index contributed by atoms with van der Waals surface area (Å²) < 4.78 is 0. The number of rotatable bonds is 4. The molecule has 14 heavy (non-hydrogen) atoms. The fourth-order valence-corrected chi connectivity index (χ4v) is 1.96. The van der Waals surface area contributed by atoms with Crippen LogP contribution in [0.5, 0.6) is 0 Å². The van der Waals surface area contributed by atoms with E-state index in [1.807, 2.05) is 13.1 Å². The highest BCUT2D eigenvalue weighted by Crippen LogP contribution is 2.05. The molecule has 0 spiro atoms. The van der Waals surface area contributed by atoms with Gasteiger partial charge in [-0.25, -0.2) is 4.98 Å². The summed E-state index contributed by atoms with van der Waals surface area (Å²) in [5.74, 6) is 0.970. The minimum atomic E-state index is 0.844. The summed E-state index contributed by atoms with van der Waals surface area (Å²) in [5, 5.41) is 7.61. The average molecular weight is 207 g/mol. The van der Waals surface area contributed by atoms with Gasteiger partial charge in [-0.3, -0.25) is 0 Å². The number of H-pyrrole nitrogens is 1. The molecule has 2 rings (SSSR count). The van der Waals surface area contributed by atoms with Crippen molar-refractivity contribution < 1.29 is 0 Å². The molecule has 0 fully saturated rings. The lowest BCUT2D eigenvalue weighted by Gasteiger charge is -2.00. The molecule has 0 aliphatic carbocycles. The molecule has 0 bridgehead atoms. The third kappa shape index (κ3) is 2.43. The lowest BCUT2D eigenvalue weighted by Crippen LogP contribution is -2.12. The summed E-state index contributed by atoms with van der Waals surface area (Å²) in [7, 11) is 0. The van der Waals surface area contributed by atoms with Gasteiger partial charge in [0.2, 0.25) is 0 Å². The Hall–Kier alpha value is -1.13. The Labute approximate surface area is 87.2 Å². The van der Waals surface area contributed by atoms with Gasteiger partial charge in [-0.2, -0.15) is 11.3 Å². The molecule has 2 aromatic rings. The molecule has 0 aromatic carbocycles. The monoisotopic (exact) mass is 207 g/mol. The van der Waals surface area contributed by atoms with Crippen molar-refractivity contribution in [3.8, 4) is 0 Å². The van der Waals surface area contributed by atoms with Crippen LogP contribution >= 0.6 is 11.3 Å². The van der Waals surface area contributed by atoms with Crippen molar-refractivity contribution in [1.82, 2.24) is 15.3 Å². The van der Waals surface area contributed by atoms with Gasteiger partial charge in [0.25, 0.3) is 0 Å². The fourth-order valence-electron chi connectivity index (χ4n) is 1.30. The molecule has 0 aliphatic heterocycles. The minimum absolute atomic E-state index is 0.844. The second-order valence-corrected chi connectivity index (χ2v) is 4.01. The van der Waals surface area contributed by atoms with Crippen molar-refractivity contribution in [2.45, 2.75) is 20.0 Å². The van der Waals surface area contributed by atoms with Crippen LogP contribution in [0, 0.1) is 6.92 Å². The van der Waals surface area contributed by atoms with E-state index < -0.39 is 0 Å². The summed E-state index contributed by atoms with van der Waals surface area (Å²) in [4.78, 5) is 7.32. The lowest BCUT2D eigenvalue weighted by atomic mass is 10.3. The number of thiophene rings is 1. The van der Waals surface area contributed by atoms with Gasteiger partial charge in [-0.05, 0) is 29.3 Å². The third-order valence-corrected chi connectivity index (χ3v) is 2.71. The van der Waals surface area contributed by atoms with E-state index in [4.69, 9.17) is 0 Å². The predicted octanol–water partition coefficient (Wildman–Crippen LogP) is 2.07. The highest BCUT2D eigenvalue weighted by atomic mass is 32.1. The van der Waals surface area contributed by atoms with Crippen LogP contribution in [0.15, 0.2) is 23.0 Å². The number of hydrogen-bond donors (Lipinski definition) is 2. The minimum Gasteiger partial charge on any atom is -0.345 e. The van der Waals surface area contributed by atoms with Gasteiger partial charge in [-0.15, -0.1) is 0 Å². The number of aromatic amines is 1. The Morgan fingerprint density at radius 1 is 1.50 bits per heavy atom. The van der Waals surface area contributed by atoms with Crippen molar-refractivity contribution in [3.05, 3.63) is 40.1 Å². The number of nitrogens with one attached hydrogen (secondary N) is 2. The maximum absolute atomic E-state index is 4.14. The van der Waals surface area contributed by atoms with E-state index in [-0.39, 0.29) is 0 Å². The van der Waals surface area contributed by atoms with Gasteiger partial charge >= 0.3 is 0 Å². The Balaban J connectivity index is 1.78. The first-order valence-electron chi connectivity index (χ1n) is 4.57. The molecule has 3 nitrogen and oxygen atoms in total. The SMILES string of the molecule is Cc1ncc(CNCc2ccsc2)[nH]1. The average Bonchev–Trinajstić information content (AvgIpc) is 2.77. The molecule has 0 aliphatic rings. The second-order valence-electron chi connectivity index (χ2n) is 3.23. The van der Waals surface area contributed by atoms with Gasteiger partial charge in [-0.1, -0.05) is 0 Å². The van der Waals surface area contributed by atoms with Crippen LogP contribution in [0.2, 0.25) is 0 Å². The molecule has 0 saturated heterocycles. The van der Waals surface area contributed by atoms with E-state index in [0.29, 0.717) is 0 Å². The Morgan fingerprint density at radius 3 is 3.07 bits per heavy atom. The number of aryl methyl sites for hydroxylation is 1. The maximum Gasteiger partial charge on any atom is 0.103 e. The Kier molecular flexibility index (Phi) is 2.96. The highest BCUT2D eigenvalue weighted by Gasteiger charge is 1.96. The molecule has 2 N–H and O–H groups in total. The zero-order chi connectivity index (χ0) is 9.80. The van der Waals surface area contributed by atoms with Crippen LogP contribution in [0.25, 0.3) is 0 Å². The highest BCUT2D eigenvalue weighted by molar-refractivity contribution is 7.07. The first-order chi connectivity index (χ1) is 6.84. The topological polar surface area (TPSA) is 40.7 Å². The van der Waals surface area contributed by atoms with Crippen molar-refractivity contribution in [2.24, 2.45) is 0 Å². The van der Waals surface area contributed by atoms with Gasteiger partial charge in [0, 0.05) is 25.0 Å². The standard InChI is InChI=1S/C10H13N3S/c1-8-12-6-10(13-8)5-11-4-9-2-3-14-7-9/h2-3,6-7,11H,4-5H2,1H3,(H,12,13). The van der Waals surface area contributed by atoms with Gasteiger partial charge < -0.3 is 10.3 Å². The first-order valence-corrected chi connectivity index (χ1v) is 5.51. The summed E-state index contributed by atoms with van der Waals surface area (Å²) >= 11 is 1.73. The van der Waals surface area contributed by atoms with Crippen LogP contribution in [-0.4, -0.2) is 9.97 Å². The van der Waals surface area contributed by atoms with E-state index in [1.54, 1.807) is 11.3 Å². The molecule has 2 heterocycles. The first kappa shape index (κ1) is 9.43. The molecule has 4 heteroatoms. The van der Waals surface area contributed by atoms with Crippen molar-refractivity contribution in [1.29, 1.82) is 0 Å². The van der Waals surface area contributed by atoms with Crippen LogP contribution in [0.1, 0.15) is 17.1 Å². The van der Waals surface area contributed by atoms with E-state index in [0.717, 1.165) is 24.6 Å². The normalized spacial score (nSPS) is 10.6. The molecule has 0 atom stereocenters. The molecule has 74 valence electrons. The molecular formula is C10H13N3S. The van der Waals surface area contributed by atoms with Crippen molar-refractivity contribution in [2.75, 3.05) is 0 Å². The molecule has 0 amide bonds. The van der Waals surface area contributed by atoms with Gasteiger partial charge in [0.05, 0.1) is 0 Å². The van der Waals surface area contributed by atoms with E-state index in [9.17, 15) is 0 Å². The number of aromatic nitrogens is 2.